The van der Waals surface area contributed by atoms with E-state index in [1.54, 1.807) is 6.20 Å². The number of pyridine rings is 1. The van der Waals surface area contributed by atoms with Gasteiger partial charge in [0.1, 0.15) is 5.01 Å². The number of hydrogen-bond acceptors (Lipinski definition) is 5. The topological polar surface area (TPSA) is 64.1 Å². The number of hydroxylamine groups is 1. The van der Waals surface area contributed by atoms with Gasteiger partial charge in [0.2, 0.25) is 5.91 Å². The zero-order chi connectivity index (χ0) is 12.8. The number of amides is 1. The van der Waals surface area contributed by atoms with E-state index in [0.29, 0.717) is 12.8 Å². The molecule has 0 fully saturated rings. The maximum atomic E-state index is 11.2. The molecule has 1 N–H and O–H groups in total. The second-order valence-corrected chi connectivity index (χ2v) is 4.45. The van der Waals surface area contributed by atoms with Crippen molar-refractivity contribution < 1.29 is 9.63 Å². The summed E-state index contributed by atoms with van der Waals surface area (Å²) in [6.45, 7) is 0. The molecule has 0 atom stereocenters. The molecule has 0 aromatic carbocycles. The van der Waals surface area contributed by atoms with Gasteiger partial charge in [-0.3, -0.25) is 14.6 Å². The number of carbonyl (C=O) groups excluding carboxylic acids is 1. The molecule has 0 saturated heterocycles. The van der Waals surface area contributed by atoms with E-state index in [-0.39, 0.29) is 5.91 Å². The van der Waals surface area contributed by atoms with Gasteiger partial charge in [-0.1, -0.05) is 6.07 Å². The molecule has 2 aromatic rings. The minimum absolute atomic E-state index is 0.148. The molecule has 0 bridgehead atoms. The SMILES string of the molecule is CONC(=O)CCc1csc(-c2ccccn2)n1. The second kappa shape index (κ2) is 6.23. The molecule has 0 aliphatic heterocycles. The van der Waals surface area contributed by atoms with Gasteiger partial charge in [-0.05, 0) is 18.6 Å². The average molecular weight is 263 g/mol. The maximum Gasteiger partial charge on any atom is 0.243 e. The molecule has 0 unspecified atom stereocenters. The van der Waals surface area contributed by atoms with Crippen molar-refractivity contribution in [2.75, 3.05) is 7.11 Å². The fraction of sp³-hybridized carbons (Fsp3) is 0.250. The number of aryl methyl sites for hydroxylation is 1. The van der Waals surface area contributed by atoms with E-state index in [1.165, 1.54) is 18.4 Å². The molecule has 0 spiro atoms. The summed E-state index contributed by atoms with van der Waals surface area (Å²) >= 11 is 1.53. The zero-order valence-corrected chi connectivity index (χ0v) is 10.7. The molecular weight excluding hydrogens is 250 g/mol. The molecule has 5 nitrogen and oxygen atoms in total. The summed E-state index contributed by atoms with van der Waals surface area (Å²) in [5.74, 6) is -0.148. The Balaban J connectivity index is 1.97. The van der Waals surface area contributed by atoms with Crippen LogP contribution in [-0.4, -0.2) is 23.0 Å². The molecule has 94 valence electrons. The van der Waals surface area contributed by atoms with Gasteiger partial charge < -0.3 is 0 Å². The first-order valence-electron chi connectivity index (χ1n) is 5.47. The fourth-order valence-electron chi connectivity index (χ4n) is 1.44. The third-order valence-corrected chi connectivity index (χ3v) is 3.17. The Bertz CT molecular complexity index is 513. The number of aromatic nitrogens is 2. The van der Waals surface area contributed by atoms with Crippen molar-refractivity contribution in [2.24, 2.45) is 0 Å². The van der Waals surface area contributed by atoms with Crippen molar-refractivity contribution in [2.45, 2.75) is 12.8 Å². The van der Waals surface area contributed by atoms with Crippen molar-refractivity contribution in [1.29, 1.82) is 0 Å². The van der Waals surface area contributed by atoms with Gasteiger partial charge in [0.15, 0.2) is 0 Å². The van der Waals surface area contributed by atoms with Crippen molar-refractivity contribution in [1.82, 2.24) is 15.4 Å². The lowest BCUT2D eigenvalue weighted by atomic mass is 10.2. The molecule has 1 amide bonds. The minimum Gasteiger partial charge on any atom is -0.277 e. The van der Waals surface area contributed by atoms with Gasteiger partial charge in [-0.25, -0.2) is 10.5 Å². The van der Waals surface area contributed by atoms with Crippen LogP contribution >= 0.6 is 11.3 Å². The average Bonchev–Trinajstić information content (AvgIpc) is 2.87. The van der Waals surface area contributed by atoms with Crippen molar-refractivity contribution in [3.05, 3.63) is 35.5 Å². The number of carbonyl (C=O) groups is 1. The molecule has 2 rings (SSSR count). The highest BCUT2D eigenvalue weighted by Crippen LogP contribution is 2.21. The first-order chi connectivity index (χ1) is 8.79. The monoisotopic (exact) mass is 263 g/mol. The van der Waals surface area contributed by atoms with Crippen LogP contribution in [0.25, 0.3) is 10.7 Å². The number of nitrogens with zero attached hydrogens (tertiary/aromatic N) is 2. The Labute approximate surface area is 109 Å². The third-order valence-electron chi connectivity index (χ3n) is 2.26. The van der Waals surface area contributed by atoms with Gasteiger partial charge in [-0.2, -0.15) is 0 Å². The van der Waals surface area contributed by atoms with Crippen LogP contribution in [0.5, 0.6) is 0 Å². The highest BCUT2D eigenvalue weighted by molar-refractivity contribution is 7.13. The Morgan fingerprint density at radius 3 is 3.11 bits per heavy atom. The van der Waals surface area contributed by atoms with Crippen molar-refractivity contribution in [3.63, 3.8) is 0 Å². The summed E-state index contributed by atoms with van der Waals surface area (Å²) in [4.78, 5) is 24.4. The molecular formula is C12H13N3O2S. The minimum atomic E-state index is -0.148. The fourth-order valence-corrected chi connectivity index (χ4v) is 2.26. The van der Waals surface area contributed by atoms with Gasteiger partial charge >= 0.3 is 0 Å². The van der Waals surface area contributed by atoms with Gasteiger partial charge in [0.05, 0.1) is 18.5 Å². The van der Waals surface area contributed by atoms with E-state index >= 15 is 0 Å². The van der Waals surface area contributed by atoms with Gasteiger partial charge in [-0.15, -0.1) is 11.3 Å². The van der Waals surface area contributed by atoms with E-state index in [0.717, 1.165) is 16.4 Å². The lowest BCUT2D eigenvalue weighted by Gasteiger charge is -1.99. The van der Waals surface area contributed by atoms with Crippen LogP contribution in [0.1, 0.15) is 12.1 Å². The molecule has 6 heteroatoms. The summed E-state index contributed by atoms with van der Waals surface area (Å²) in [5, 5.41) is 2.82. The summed E-state index contributed by atoms with van der Waals surface area (Å²) in [7, 11) is 1.42. The van der Waals surface area contributed by atoms with E-state index in [2.05, 4.69) is 20.3 Å². The first-order valence-corrected chi connectivity index (χ1v) is 6.35. The largest absolute Gasteiger partial charge is 0.277 e. The molecule has 2 heterocycles. The van der Waals surface area contributed by atoms with Crippen LogP contribution in [0.2, 0.25) is 0 Å². The summed E-state index contributed by atoms with van der Waals surface area (Å²) < 4.78 is 0. The summed E-state index contributed by atoms with van der Waals surface area (Å²) in [5.41, 5.74) is 4.03. The first kappa shape index (κ1) is 12.7. The molecule has 2 aromatic heterocycles. The van der Waals surface area contributed by atoms with Crippen molar-refractivity contribution in [3.8, 4) is 10.7 Å². The lowest BCUT2D eigenvalue weighted by molar-refractivity contribution is -0.131. The number of hydrogen-bond donors (Lipinski definition) is 1. The van der Waals surface area contributed by atoms with Gasteiger partial charge in [0, 0.05) is 18.0 Å². The number of rotatable bonds is 5. The predicted octanol–water partition coefficient (Wildman–Crippen LogP) is 1.82. The number of thiazole rings is 1. The van der Waals surface area contributed by atoms with E-state index in [4.69, 9.17) is 0 Å². The molecule has 0 saturated carbocycles. The van der Waals surface area contributed by atoms with E-state index < -0.39 is 0 Å². The quantitative estimate of drug-likeness (QED) is 0.836. The molecule has 0 radical (unpaired) electrons. The smallest absolute Gasteiger partial charge is 0.243 e. The zero-order valence-electron chi connectivity index (χ0n) is 9.92. The highest BCUT2D eigenvalue weighted by atomic mass is 32.1. The second-order valence-electron chi connectivity index (χ2n) is 3.59. The standard InChI is InChI=1S/C12H13N3O2S/c1-17-15-11(16)6-5-9-8-18-12(14-9)10-4-2-3-7-13-10/h2-4,7-8H,5-6H2,1H3,(H,15,16). The van der Waals surface area contributed by atoms with Crippen LogP contribution in [0.15, 0.2) is 29.8 Å². The van der Waals surface area contributed by atoms with E-state index in [9.17, 15) is 4.79 Å². The molecule has 18 heavy (non-hydrogen) atoms. The molecule has 0 aliphatic rings. The van der Waals surface area contributed by atoms with Crippen molar-refractivity contribution >= 4 is 17.2 Å². The predicted molar refractivity (Wildman–Crippen MR) is 68.8 cm³/mol. The Morgan fingerprint density at radius 1 is 1.50 bits per heavy atom. The van der Waals surface area contributed by atoms with Crippen LogP contribution in [-0.2, 0) is 16.1 Å². The highest BCUT2D eigenvalue weighted by Gasteiger charge is 2.07. The maximum absolute atomic E-state index is 11.2. The van der Waals surface area contributed by atoms with Crippen LogP contribution in [0.4, 0.5) is 0 Å². The lowest BCUT2D eigenvalue weighted by Crippen LogP contribution is -2.21. The number of nitrogens with one attached hydrogen (secondary N) is 1. The Hall–Kier alpha value is -1.79. The van der Waals surface area contributed by atoms with Crippen LogP contribution in [0.3, 0.4) is 0 Å². The summed E-state index contributed by atoms with van der Waals surface area (Å²) in [6.07, 6.45) is 2.69. The third kappa shape index (κ3) is 3.35. The Morgan fingerprint density at radius 2 is 2.39 bits per heavy atom. The van der Waals surface area contributed by atoms with Gasteiger partial charge in [0.25, 0.3) is 0 Å². The molecule has 0 aliphatic carbocycles. The van der Waals surface area contributed by atoms with Crippen LogP contribution < -0.4 is 5.48 Å². The van der Waals surface area contributed by atoms with Crippen LogP contribution in [0, 0.1) is 0 Å². The summed E-state index contributed by atoms with van der Waals surface area (Å²) in [6, 6.07) is 5.71. The van der Waals surface area contributed by atoms with E-state index in [1.807, 2.05) is 23.6 Å². The Kier molecular flexibility index (Phi) is 4.38. The normalized spacial score (nSPS) is 10.3.